The van der Waals surface area contributed by atoms with Crippen LogP contribution < -0.4 is 16.4 Å². The summed E-state index contributed by atoms with van der Waals surface area (Å²) in [5, 5.41) is 7.01. The molecule has 0 aromatic rings. The lowest BCUT2D eigenvalue weighted by molar-refractivity contribution is 0.285. The lowest BCUT2D eigenvalue weighted by Gasteiger charge is -2.30. The van der Waals surface area contributed by atoms with Gasteiger partial charge in [0.25, 0.3) is 0 Å². The van der Waals surface area contributed by atoms with Crippen LogP contribution in [0.3, 0.4) is 0 Å². The second-order valence-electron chi connectivity index (χ2n) is 4.14. The molecule has 64 valence electrons. The van der Waals surface area contributed by atoms with E-state index in [-0.39, 0.29) is 0 Å². The topological polar surface area (TPSA) is 50.1 Å². The summed E-state index contributed by atoms with van der Waals surface area (Å²) in [4.78, 5) is 0. The van der Waals surface area contributed by atoms with E-state index in [2.05, 4.69) is 17.6 Å². The van der Waals surface area contributed by atoms with Crippen LogP contribution in [0.25, 0.3) is 0 Å². The van der Waals surface area contributed by atoms with Gasteiger partial charge in [-0.15, -0.1) is 0 Å². The first-order valence-electron chi connectivity index (χ1n) is 4.41. The second-order valence-corrected chi connectivity index (χ2v) is 4.14. The molecule has 2 bridgehead atoms. The zero-order chi connectivity index (χ0) is 7.90. The number of fused-ring (bicyclic) bond motifs is 2. The van der Waals surface area contributed by atoms with E-state index < -0.39 is 0 Å². The van der Waals surface area contributed by atoms with Crippen molar-refractivity contribution in [2.45, 2.75) is 25.4 Å². The SMILES string of the molecule is CC1(CN)CC2CNCC1N2. The second kappa shape index (κ2) is 2.44. The van der Waals surface area contributed by atoms with Crippen molar-refractivity contribution in [2.75, 3.05) is 19.6 Å². The number of hydrogen-bond donors (Lipinski definition) is 3. The third-order valence-corrected chi connectivity index (χ3v) is 3.20. The molecule has 0 spiro atoms. The molecule has 4 N–H and O–H groups in total. The predicted molar refractivity (Wildman–Crippen MR) is 45.4 cm³/mol. The Labute approximate surface area is 67.7 Å². The van der Waals surface area contributed by atoms with Crippen molar-refractivity contribution in [1.82, 2.24) is 10.6 Å². The summed E-state index contributed by atoms with van der Waals surface area (Å²) in [6.07, 6.45) is 1.24. The van der Waals surface area contributed by atoms with Gasteiger partial charge in [-0.25, -0.2) is 0 Å². The normalized spacial score (nSPS) is 49.6. The molecule has 2 heterocycles. The fourth-order valence-corrected chi connectivity index (χ4v) is 2.31. The fourth-order valence-electron chi connectivity index (χ4n) is 2.31. The highest BCUT2D eigenvalue weighted by molar-refractivity contribution is 5.04. The average molecular weight is 155 g/mol. The summed E-state index contributed by atoms with van der Waals surface area (Å²) in [6, 6.07) is 1.27. The van der Waals surface area contributed by atoms with E-state index >= 15 is 0 Å². The van der Waals surface area contributed by atoms with Crippen LogP contribution in [0.5, 0.6) is 0 Å². The minimum Gasteiger partial charge on any atom is -0.330 e. The van der Waals surface area contributed by atoms with Crippen molar-refractivity contribution in [3.05, 3.63) is 0 Å². The average Bonchev–Trinajstić information content (AvgIpc) is 2.25. The van der Waals surface area contributed by atoms with Crippen molar-refractivity contribution < 1.29 is 0 Å². The summed E-state index contributed by atoms with van der Waals surface area (Å²) >= 11 is 0. The number of hydrogen-bond acceptors (Lipinski definition) is 3. The third-order valence-electron chi connectivity index (χ3n) is 3.20. The molecule has 0 aliphatic carbocycles. The van der Waals surface area contributed by atoms with Gasteiger partial charge >= 0.3 is 0 Å². The van der Waals surface area contributed by atoms with Gasteiger partial charge < -0.3 is 16.4 Å². The monoisotopic (exact) mass is 155 g/mol. The van der Waals surface area contributed by atoms with Gasteiger partial charge in [0.05, 0.1) is 0 Å². The van der Waals surface area contributed by atoms with Gasteiger partial charge in [0.15, 0.2) is 0 Å². The van der Waals surface area contributed by atoms with Gasteiger partial charge in [0, 0.05) is 25.2 Å². The first kappa shape index (κ1) is 7.53. The van der Waals surface area contributed by atoms with Crippen LogP contribution in [0.4, 0.5) is 0 Å². The van der Waals surface area contributed by atoms with E-state index in [4.69, 9.17) is 5.73 Å². The molecule has 2 fully saturated rings. The standard InChI is InChI=1S/C8H17N3/c1-8(5-9)2-6-3-10-4-7(8)11-6/h6-7,10-11H,2-5,9H2,1H3. The molecule has 2 rings (SSSR count). The maximum absolute atomic E-state index is 5.76. The molecular weight excluding hydrogens is 138 g/mol. The molecule has 3 unspecified atom stereocenters. The number of nitrogens with two attached hydrogens (primary N) is 1. The van der Waals surface area contributed by atoms with Crippen molar-refractivity contribution in [3.63, 3.8) is 0 Å². The fraction of sp³-hybridized carbons (Fsp3) is 1.00. The number of nitrogens with one attached hydrogen (secondary N) is 2. The summed E-state index contributed by atoms with van der Waals surface area (Å²) < 4.78 is 0. The van der Waals surface area contributed by atoms with Crippen molar-refractivity contribution in [2.24, 2.45) is 11.1 Å². The molecule has 3 nitrogen and oxygen atoms in total. The molecule has 0 aromatic heterocycles. The molecule has 0 radical (unpaired) electrons. The maximum atomic E-state index is 5.76. The Morgan fingerprint density at radius 1 is 1.55 bits per heavy atom. The minimum absolute atomic E-state index is 0.341. The zero-order valence-electron chi connectivity index (χ0n) is 7.06. The van der Waals surface area contributed by atoms with Gasteiger partial charge in [-0.05, 0) is 18.4 Å². The highest BCUT2D eigenvalue weighted by atomic mass is 15.1. The first-order chi connectivity index (χ1) is 5.24. The Balaban J connectivity index is 2.14. The Morgan fingerprint density at radius 3 is 3.00 bits per heavy atom. The molecule has 0 amide bonds. The van der Waals surface area contributed by atoms with E-state index in [1.54, 1.807) is 0 Å². The lowest BCUT2D eigenvalue weighted by Crippen LogP contribution is -2.52. The molecule has 2 saturated heterocycles. The molecule has 2 aliphatic rings. The van der Waals surface area contributed by atoms with Gasteiger partial charge in [-0.1, -0.05) is 6.92 Å². The predicted octanol–water partition coefficient (Wildman–Crippen LogP) is -0.715. The summed E-state index contributed by atoms with van der Waals surface area (Å²) in [7, 11) is 0. The van der Waals surface area contributed by atoms with Gasteiger partial charge in [-0.2, -0.15) is 0 Å². The maximum Gasteiger partial charge on any atom is 0.0261 e. The van der Waals surface area contributed by atoms with Gasteiger partial charge in [0.2, 0.25) is 0 Å². The molecule has 0 saturated carbocycles. The zero-order valence-corrected chi connectivity index (χ0v) is 7.06. The summed E-state index contributed by atoms with van der Waals surface area (Å²) in [5.74, 6) is 0. The quantitative estimate of drug-likeness (QED) is 0.468. The summed E-state index contributed by atoms with van der Waals surface area (Å²) in [5.41, 5.74) is 6.10. The van der Waals surface area contributed by atoms with Crippen LogP contribution in [0.2, 0.25) is 0 Å². The van der Waals surface area contributed by atoms with E-state index in [0.29, 0.717) is 17.5 Å². The van der Waals surface area contributed by atoms with Crippen LogP contribution in [0, 0.1) is 5.41 Å². The largest absolute Gasteiger partial charge is 0.330 e. The lowest BCUT2D eigenvalue weighted by atomic mass is 9.82. The molecule has 3 atom stereocenters. The van der Waals surface area contributed by atoms with Crippen LogP contribution in [-0.4, -0.2) is 31.7 Å². The highest BCUT2D eigenvalue weighted by Crippen LogP contribution is 2.34. The van der Waals surface area contributed by atoms with Crippen LogP contribution in [0.15, 0.2) is 0 Å². The van der Waals surface area contributed by atoms with Gasteiger partial charge in [-0.3, -0.25) is 0 Å². The van der Waals surface area contributed by atoms with Crippen molar-refractivity contribution in [1.29, 1.82) is 0 Å². The summed E-state index contributed by atoms with van der Waals surface area (Å²) in [6.45, 7) is 5.30. The van der Waals surface area contributed by atoms with Gasteiger partial charge in [0.1, 0.15) is 0 Å². The Morgan fingerprint density at radius 2 is 2.36 bits per heavy atom. The van der Waals surface area contributed by atoms with Crippen LogP contribution >= 0.6 is 0 Å². The van der Waals surface area contributed by atoms with E-state index in [1.165, 1.54) is 6.42 Å². The van der Waals surface area contributed by atoms with Crippen LogP contribution in [0.1, 0.15) is 13.3 Å². The molecule has 11 heavy (non-hydrogen) atoms. The van der Waals surface area contributed by atoms with E-state index in [1.807, 2.05) is 0 Å². The minimum atomic E-state index is 0.341. The molecule has 0 aromatic carbocycles. The Bertz CT molecular complexity index is 159. The van der Waals surface area contributed by atoms with Crippen molar-refractivity contribution >= 4 is 0 Å². The molecular formula is C8H17N3. The molecule has 3 heteroatoms. The number of rotatable bonds is 1. The highest BCUT2D eigenvalue weighted by Gasteiger charge is 2.44. The smallest absolute Gasteiger partial charge is 0.0261 e. The van der Waals surface area contributed by atoms with E-state index in [9.17, 15) is 0 Å². The van der Waals surface area contributed by atoms with Crippen LogP contribution in [-0.2, 0) is 0 Å². The number of piperazine rings is 1. The van der Waals surface area contributed by atoms with Crippen molar-refractivity contribution in [3.8, 4) is 0 Å². The first-order valence-corrected chi connectivity index (χ1v) is 4.41. The Hall–Kier alpha value is -0.120. The Kier molecular flexibility index (Phi) is 1.67. The van der Waals surface area contributed by atoms with E-state index in [0.717, 1.165) is 19.6 Å². The third kappa shape index (κ3) is 1.08. The molecule has 2 aliphatic heterocycles.